The number of benzene rings is 1. The number of Topliss-reactive ketones (excluding diaryl/α,β-unsaturated/α-hetero) is 1. The SMILES string of the molecule is Cc1ccc(C(=O)[C@@H](C)Sc2nnc(-c3ccco3)n2CCC(N)=O)cc1C. The molecule has 0 aliphatic rings. The molecule has 1 atom stereocenters. The smallest absolute Gasteiger partial charge is 0.219 e. The molecule has 3 rings (SSSR count). The zero-order chi connectivity index (χ0) is 20.3. The molecule has 0 radical (unpaired) electrons. The predicted octanol–water partition coefficient (Wildman–Crippen LogP) is 3.39. The van der Waals surface area contributed by atoms with Crippen molar-refractivity contribution in [2.45, 2.75) is 44.1 Å². The maximum Gasteiger partial charge on any atom is 0.219 e. The summed E-state index contributed by atoms with van der Waals surface area (Å²) in [4.78, 5) is 24.1. The molecule has 28 heavy (non-hydrogen) atoms. The van der Waals surface area contributed by atoms with E-state index in [-0.39, 0.29) is 17.5 Å². The summed E-state index contributed by atoms with van der Waals surface area (Å²) in [5.74, 6) is 0.628. The zero-order valence-electron chi connectivity index (χ0n) is 16.0. The van der Waals surface area contributed by atoms with E-state index >= 15 is 0 Å². The van der Waals surface area contributed by atoms with Crippen LogP contribution in [0, 0.1) is 13.8 Å². The van der Waals surface area contributed by atoms with Crippen molar-refractivity contribution < 1.29 is 14.0 Å². The fourth-order valence-corrected chi connectivity index (χ4v) is 3.68. The molecule has 2 aromatic heterocycles. The van der Waals surface area contributed by atoms with Gasteiger partial charge in [-0.05, 0) is 50.1 Å². The van der Waals surface area contributed by atoms with Crippen LogP contribution in [0.15, 0.2) is 46.2 Å². The van der Waals surface area contributed by atoms with Gasteiger partial charge in [0.15, 0.2) is 22.5 Å². The first-order chi connectivity index (χ1) is 13.4. The number of nitrogens with two attached hydrogens (primary N) is 1. The number of primary amides is 1. The highest BCUT2D eigenvalue weighted by molar-refractivity contribution is 8.00. The maximum atomic E-state index is 12.9. The molecule has 0 saturated carbocycles. The van der Waals surface area contributed by atoms with Gasteiger partial charge in [-0.1, -0.05) is 23.9 Å². The highest BCUT2D eigenvalue weighted by atomic mass is 32.2. The van der Waals surface area contributed by atoms with Gasteiger partial charge >= 0.3 is 0 Å². The summed E-state index contributed by atoms with van der Waals surface area (Å²) in [6, 6.07) is 9.21. The van der Waals surface area contributed by atoms with Crippen LogP contribution in [-0.4, -0.2) is 31.7 Å². The standard InChI is InChI=1S/C20H22N4O3S/c1-12-6-7-15(11-13(12)2)18(26)14(3)28-20-23-22-19(16-5-4-10-27-16)24(20)9-8-17(21)25/h4-7,10-11,14H,8-9H2,1-3H3,(H2,21,25)/t14-/m1/s1. The van der Waals surface area contributed by atoms with Gasteiger partial charge in [-0.25, -0.2) is 0 Å². The molecule has 2 heterocycles. The minimum absolute atomic E-state index is 0.0112. The molecular formula is C20H22N4O3S. The summed E-state index contributed by atoms with van der Waals surface area (Å²) in [6.45, 7) is 6.15. The Balaban J connectivity index is 1.85. The average molecular weight is 398 g/mol. The Kier molecular flexibility index (Phi) is 5.99. The first-order valence-corrected chi connectivity index (χ1v) is 9.78. The minimum Gasteiger partial charge on any atom is -0.461 e. The minimum atomic E-state index is -0.422. The van der Waals surface area contributed by atoms with Crippen molar-refractivity contribution in [3.63, 3.8) is 0 Å². The number of amides is 1. The average Bonchev–Trinajstić information content (AvgIpc) is 3.31. The van der Waals surface area contributed by atoms with E-state index in [1.54, 1.807) is 23.0 Å². The fraction of sp³-hybridized carbons (Fsp3) is 0.300. The van der Waals surface area contributed by atoms with Crippen molar-refractivity contribution in [3.8, 4) is 11.6 Å². The van der Waals surface area contributed by atoms with Crippen LogP contribution in [0.1, 0.15) is 34.8 Å². The van der Waals surface area contributed by atoms with Gasteiger partial charge in [-0.15, -0.1) is 10.2 Å². The second kappa shape index (κ2) is 8.43. The van der Waals surface area contributed by atoms with Crippen molar-refractivity contribution >= 4 is 23.5 Å². The van der Waals surface area contributed by atoms with Crippen molar-refractivity contribution in [2.24, 2.45) is 5.73 Å². The Hall–Kier alpha value is -2.87. The summed E-state index contributed by atoms with van der Waals surface area (Å²) in [6.07, 6.45) is 1.68. The van der Waals surface area contributed by atoms with Crippen LogP contribution in [0.5, 0.6) is 0 Å². The van der Waals surface area contributed by atoms with Crippen LogP contribution in [0.4, 0.5) is 0 Å². The number of hydrogen-bond donors (Lipinski definition) is 1. The third-order valence-electron chi connectivity index (χ3n) is 4.48. The van der Waals surface area contributed by atoms with Crippen LogP contribution in [-0.2, 0) is 11.3 Å². The van der Waals surface area contributed by atoms with Crippen LogP contribution in [0.2, 0.25) is 0 Å². The first kappa shape index (κ1) is 19.9. The van der Waals surface area contributed by atoms with Crippen molar-refractivity contribution in [2.75, 3.05) is 0 Å². The Morgan fingerprint density at radius 1 is 1.21 bits per heavy atom. The molecule has 1 amide bonds. The number of rotatable bonds is 8. The number of nitrogens with zero attached hydrogens (tertiary/aromatic N) is 3. The van der Waals surface area contributed by atoms with Gasteiger partial charge in [0.05, 0.1) is 11.5 Å². The van der Waals surface area contributed by atoms with Gasteiger partial charge in [0.25, 0.3) is 0 Å². The second-order valence-corrected chi connectivity index (χ2v) is 7.88. The normalized spacial score (nSPS) is 12.1. The summed E-state index contributed by atoms with van der Waals surface area (Å²) >= 11 is 1.30. The summed E-state index contributed by atoms with van der Waals surface area (Å²) in [7, 11) is 0. The largest absolute Gasteiger partial charge is 0.461 e. The second-order valence-electron chi connectivity index (χ2n) is 6.57. The summed E-state index contributed by atoms with van der Waals surface area (Å²) in [5.41, 5.74) is 8.19. The lowest BCUT2D eigenvalue weighted by atomic mass is 10.0. The summed E-state index contributed by atoms with van der Waals surface area (Å²) in [5, 5.41) is 8.56. The molecule has 1 aromatic carbocycles. The van der Waals surface area contributed by atoms with Crippen LogP contribution < -0.4 is 5.73 Å². The van der Waals surface area contributed by atoms with Gasteiger partial charge < -0.3 is 10.2 Å². The highest BCUT2D eigenvalue weighted by Crippen LogP contribution is 2.29. The molecule has 0 aliphatic heterocycles. The predicted molar refractivity (Wildman–Crippen MR) is 107 cm³/mol. The molecule has 146 valence electrons. The molecule has 0 saturated heterocycles. The van der Waals surface area contributed by atoms with Gasteiger partial charge in [0.2, 0.25) is 5.91 Å². The molecule has 7 nitrogen and oxygen atoms in total. The lowest BCUT2D eigenvalue weighted by Gasteiger charge is -2.13. The number of carbonyl (C=O) groups excluding carboxylic acids is 2. The van der Waals surface area contributed by atoms with E-state index < -0.39 is 5.91 Å². The molecule has 3 aromatic rings. The van der Waals surface area contributed by atoms with Gasteiger partial charge in [0.1, 0.15) is 0 Å². The van der Waals surface area contributed by atoms with Crippen LogP contribution in [0.3, 0.4) is 0 Å². The molecule has 2 N–H and O–H groups in total. The van der Waals surface area contributed by atoms with E-state index in [1.807, 2.05) is 39.0 Å². The zero-order valence-corrected chi connectivity index (χ0v) is 16.8. The van der Waals surface area contributed by atoms with Crippen LogP contribution >= 0.6 is 11.8 Å². The highest BCUT2D eigenvalue weighted by Gasteiger charge is 2.23. The maximum absolute atomic E-state index is 12.9. The third kappa shape index (κ3) is 4.33. The van der Waals surface area contributed by atoms with E-state index in [9.17, 15) is 9.59 Å². The molecule has 8 heteroatoms. The number of hydrogen-bond acceptors (Lipinski definition) is 6. The third-order valence-corrected chi connectivity index (χ3v) is 5.56. The van der Waals surface area contributed by atoms with Gasteiger partial charge in [-0.2, -0.15) is 0 Å². The van der Waals surface area contributed by atoms with Gasteiger partial charge in [-0.3, -0.25) is 14.2 Å². The Morgan fingerprint density at radius 2 is 2.00 bits per heavy atom. The first-order valence-electron chi connectivity index (χ1n) is 8.90. The monoisotopic (exact) mass is 398 g/mol. The molecular weight excluding hydrogens is 376 g/mol. The molecule has 0 bridgehead atoms. The lowest BCUT2D eigenvalue weighted by molar-refractivity contribution is -0.118. The number of aromatic nitrogens is 3. The topological polar surface area (TPSA) is 104 Å². The molecule has 0 fully saturated rings. The lowest BCUT2D eigenvalue weighted by Crippen LogP contribution is -2.17. The Morgan fingerprint density at radius 3 is 2.64 bits per heavy atom. The number of aryl methyl sites for hydroxylation is 2. The summed E-state index contributed by atoms with van der Waals surface area (Å²) < 4.78 is 7.17. The van der Waals surface area contributed by atoms with Crippen LogP contribution in [0.25, 0.3) is 11.6 Å². The number of carbonyl (C=O) groups is 2. The molecule has 0 unspecified atom stereocenters. The Labute approximate surface area is 167 Å². The van der Waals surface area contributed by atoms with Crippen molar-refractivity contribution in [1.82, 2.24) is 14.8 Å². The number of ketones is 1. The van der Waals surface area contributed by atoms with E-state index in [0.29, 0.717) is 28.8 Å². The van der Waals surface area contributed by atoms with E-state index in [0.717, 1.165) is 11.1 Å². The van der Waals surface area contributed by atoms with E-state index in [1.165, 1.54) is 11.8 Å². The van der Waals surface area contributed by atoms with Gasteiger partial charge in [0, 0.05) is 18.5 Å². The van der Waals surface area contributed by atoms with Crippen molar-refractivity contribution in [3.05, 3.63) is 53.3 Å². The number of furan rings is 1. The molecule has 0 aliphatic carbocycles. The van der Waals surface area contributed by atoms with E-state index in [4.69, 9.17) is 10.2 Å². The quantitative estimate of drug-likeness (QED) is 0.461. The Bertz CT molecular complexity index is 995. The number of thioether (sulfide) groups is 1. The molecule has 0 spiro atoms. The van der Waals surface area contributed by atoms with E-state index in [2.05, 4.69) is 10.2 Å². The fourth-order valence-electron chi connectivity index (χ4n) is 2.73. The van der Waals surface area contributed by atoms with Crippen molar-refractivity contribution in [1.29, 1.82) is 0 Å².